The third kappa shape index (κ3) is 7.67. The molecule has 0 radical (unpaired) electrons. The minimum atomic E-state index is -4.21. The average molecular weight is 209 g/mol. The first-order valence-corrected chi connectivity index (χ1v) is 5.07. The van der Waals surface area contributed by atoms with Gasteiger partial charge in [0.2, 0.25) is 0 Å². The molecule has 0 amide bonds. The van der Waals surface area contributed by atoms with Gasteiger partial charge in [-0.25, -0.2) is 14.4 Å². The third-order valence-corrected chi connectivity index (χ3v) is 1.64. The Morgan fingerprint density at radius 2 is 2.15 bits per heavy atom. The molecule has 0 aromatic rings. The maximum atomic E-state index is 10.7. The van der Waals surface area contributed by atoms with Crippen molar-refractivity contribution in [3.05, 3.63) is 12.2 Å². The second-order valence-electron chi connectivity index (χ2n) is 2.37. The van der Waals surface area contributed by atoms with E-state index in [1.807, 2.05) is 5.09 Å². The number of hydrogen-bond acceptors (Lipinski definition) is 3. The van der Waals surface area contributed by atoms with E-state index in [9.17, 15) is 9.36 Å². The average Bonchev–Trinajstić information content (AvgIpc) is 1.95. The minimum absolute atomic E-state index is 0.0940. The van der Waals surface area contributed by atoms with E-state index in [2.05, 4.69) is 11.3 Å². The molecule has 0 aromatic heterocycles. The van der Waals surface area contributed by atoms with Crippen LogP contribution in [0.2, 0.25) is 0 Å². The highest BCUT2D eigenvalue weighted by molar-refractivity contribution is 7.49. The molecule has 0 fully saturated rings. The maximum absolute atomic E-state index is 10.7. The number of esters is 1. The molecular formula is C6H12NO5P. The predicted molar refractivity (Wildman–Crippen MR) is 45.8 cm³/mol. The van der Waals surface area contributed by atoms with Crippen molar-refractivity contribution in [3.63, 3.8) is 0 Å². The van der Waals surface area contributed by atoms with Gasteiger partial charge in [-0.2, -0.15) is 0 Å². The van der Waals surface area contributed by atoms with Crippen molar-refractivity contribution >= 4 is 13.7 Å². The molecule has 0 heterocycles. The van der Waals surface area contributed by atoms with Crippen molar-refractivity contribution in [2.24, 2.45) is 0 Å². The van der Waals surface area contributed by atoms with Crippen LogP contribution in [-0.2, 0) is 14.1 Å². The van der Waals surface area contributed by atoms with E-state index in [0.717, 1.165) is 0 Å². The van der Waals surface area contributed by atoms with E-state index in [1.165, 1.54) is 6.92 Å². The number of carbonyl (C=O) groups excluding carboxylic acids is 1. The Labute approximate surface area is 75.8 Å². The molecule has 0 aliphatic heterocycles. The summed E-state index contributed by atoms with van der Waals surface area (Å²) in [7, 11) is -4.21. The van der Waals surface area contributed by atoms with Gasteiger partial charge in [0.1, 0.15) is 6.61 Å². The molecule has 0 atom stereocenters. The lowest BCUT2D eigenvalue weighted by atomic mass is 10.4. The zero-order valence-corrected chi connectivity index (χ0v) is 8.08. The molecule has 3 N–H and O–H groups in total. The molecule has 0 aliphatic carbocycles. The lowest BCUT2D eigenvalue weighted by Crippen LogP contribution is -2.18. The third-order valence-electron chi connectivity index (χ3n) is 1.00. The second-order valence-corrected chi connectivity index (χ2v) is 3.77. The topological polar surface area (TPSA) is 95.9 Å². The highest BCUT2D eigenvalue weighted by Gasteiger charge is 2.11. The molecule has 0 bridgehead atoms. The van der Waals surface area contributed by atoms with Gasteiger partial charge in [0.25, 0.3) is 0 Å². The first-order chi connectivity index (χ1) is 5.83. The number of nitrogens with one attached hydrogen (secondary N) is 1. The molecule has 6 nitrogen and oxygen atoms in total. The minimum Gasteiger partial charge on any atom is -0.461 e. The van der Waals surface area contributed by atoms with Crippen molar-refractivity contribution in [2.45, 2.75) is 6.92 Å². The fraction of sp³-hybridized carbons (Fsp3) is 0.500. The molecule has 0 rings (SSSR count). The zero-order valence-electron chi connectivity index (χ0n) is 7.19. The van der Waals surface area contributed by atoms with Gasteiger partial charge in [0.05, 0.1) is 0 Å². The molecule has 0 spiro atoms. The van der Waals surface area contributed by atoms with E-state index in [0.29, 0.717) is 0 Å². The summed E-state index contributed by atoms with van der Waals surface area (Å²) in [6.45, 7) is 4.62. The van der Waals surface area contributed by atoms with Gasteiger partial charge in [0.15, 0.2) is 0 Å². The van der Waals surface area contributed by atoms with Gasteiger partial charge in [-0.1, -0.05) is 6.58 Å². The van der Waals surface area contributed by atoms with E-state index < -0.39 is 13.7 Å². The number of hydrogen-bond donors (Lipinski definition) is 3. The Balaban J connectivity index is 3.53. The van der Waals surface area contributed by atoms with Gasteiger partial charge >= 0.3 is 13.7 Å². The Hall–Kier alpha value is -0.680. The summed E-state index contributed by atoms with van der Waals surface area (Å²) in [4.78, 5) is 27.4. The van der Waals surface area contributed by atoms with Gasteiger partial charge in [0, 0.05) is 12.1 Å². The van der Waals surface area contributed by atoms with E-state index in [-0.39, 0.29) is 18.7 Å². The van der Waals surface area contributed by atoms with Crippen molar-refractivity contribution in [3.8, 4) is 0 Å². The second kappa shape index (κ2) is 5.14. The van der Waals surface area contributed by atoms with E-state index in [1.54, 1.807) is 0 Å². The molecule has 0 aromatic carbocycles. The number of ether oxygens (including phenoxy) is 1. The molecule has 7 heteroatoms. The Morgan fingerprint density at radius 3 is 2.54 bits per heavy atom. The van der Waals surface area contributed by atoms with Gasteiger partial charge in [-0.15, -0.1) is 0 Å². The summed E-state index contributed by atoms with van der Waals surface area (Å²) in [5, 5.41) is 1.88. The smallest absolute Gasteiger partial charge is 0.400 e. The predicted octanol–water partition coefficient (Wildman–Crippen LogP) is -0.212. The van der Waals surface area contributed by atoms with Crippen LogP contribution >= 0.6 is 7.75 Å². The van der Waals surface area contributed by atoms with E-state index in [4.69, 9.17) is 9.79 Å². The molecule has 13 heavy (non-hydrogen) atoms. The monoisotopic (exact) mass is 209 g/mol. The van der Waals surface area contributed by atoms with E-state index >= 15 is 0 Å². The van der Waals surface area contributed by atoms with Crippen LogP contribution in [0.5, 0.6) is 0 Å². The highest BCUT2D eigenvalue weighted by atomic mass is 31.2. The lowest BCUT2D eigenvalue weighted by molar-refractivity contribution is -0.138. The quantitative estimate of drug-likeness (QED) is 0.251. The van der Waals surface area contributed by atoms with Crippen LogP contribution in [0, 0.1) is 0 Å². The molecule has 0 saturated carbocycles. The summed E-state index contributed by atoms with van der Waals surface area (Å²) in [6.07, 6.45) is 0. The van der Waals surface area contributed by atoms with Gasteiger partial charge in [-0.05, 0) is 6.92 Å². The molecule has 0 unspecified atom stereocenters. The normalized spacial score (nSPS) is 11.0. The van der Waals surface area contributed by atoms with Crippen molar-refractivity contribution < 1.29 is 23.9 Å². The van der Waals surface area contributed by atoms with Gasteiger partial charge < -0.3 is 14.5 Å². The SMILES string of the molecule is C=C(C)C(=O)OCCNP(=O)(O)O. The van der Waals surface area contributed by atoms with Crippen molar-refractivity contribution in [1.29, 1.82) is 0 Å². The summed E-state index contributed by atoms with van der Waals surface area (Å²) in [5.74, 6) is -0.576. The summed E-state index contributed by atoms with van der Waals surface area (Å²) < 4.78 is 14.8. The van der Waals surface area contributed by atoms with Crippen LogP contribution in [0.25, 0.3) is 0 Å². The van der Waals surface area contributed by atoms with Crippen LogP contribution in [0.1, 0.15) is 6.92 Å². The summed E-state index contributed by atoms with van der Waals surface area (Å²) in [6, 6.07) is 0. The Morgan fingerprint density at radius 1 is 1.62 bits per heavy atom. The van der Waals surface area contributed by atoms with Gasteiger partial charge in [-0.3, -0.25) is 0 Å². The first-order valence-electron chi connectivity index (χ1n) is 3.46. The summed E-state index contributed by atoms with van der Waals surface area (Å²) in [5.41, 5.74) is 0.246. The van der Waals surface area contributed by atoms with Crippen LogP contribution in [-0.4, -0.2) is 28.9 Å². The van der Waals surface area contributed by atoms with Crippen LogP contribution in [0.15, 0.2) is 12.2 Å². The largest absolute Gasteiger partial charge is 0.461 e. The summed E-state index contributed by atoms with van der Waals surface area (Å²) >= 11 is 0. The lowest BCUT2D eigenvalue weighted by Gasteiger charge is -2.06. The highest BCUT2D eigenvalue weighted by Crippen LogP contribution is 2.26. The standard InChI is InChI=1S/C6H12NO5P/c1-5(2)6(8)12-4-3-7-13(9,10)11/h1,3-4H2,2H3,(H3,7,9,10,11). The molecular weight excluding hydrogens is 197 g/mol. The number of rotatable bonds is 5. The first kappa shape index (κ1) is 12.3. The Bertz CT molecular complexity index is 245. The van der Waals surface area contributed by atoms with Crippen LogP contribution < -0.4 is 5.09 Å². The molecule has 0 aliphatic rings. The number of carbonyl (C=O) groups is 1. The molecule has 76 valence electrons. The maximum Gasteiger partial charge on any atom is 0.400 e. The van der Waals surface area contributed by atoms with Crippen LogP contribution in [0.4, 0.5) is 0 Å². The fourth-order valence-electron chi connectivity index (χ4n) is 0.458. The van der Waals surface area contributed by atoms with Crippen molar-refractivity contribution in [2.75, 3.05) is 13.2 Å². The fourth-order valence-corrected chi connectivity index (χ4v) is 0.841. The zero-order chi connectivity index (χ0) is 10.5. The van der Waals surface area contributed by atoms with Crippen molar-refractivity contribution in [1.82, 2.24) is 5.09 Å². The Kier molecular flexibility index (Phi) is 4.87. The molecule has 0 saturated heterocycles. The van der Waals surface area contributed by atoms with Crippen LogP contribution in [0.3, 0.4) is 0 Å².